The Morgan fingerprint density at radius 2 is 2.00 bits per heavy atom. The van der Waals surface area contributed by atoms with E-state index >= 15 is 0 Å². The number of rotatable bonds is 2. The van der Waals surface area contributed by atoms with Crippen LogP contribution in [0.25, 0.3) is 0 Å². The molecule has 1 atom stereocenters. The van der Waals surface area contributed by atoms with Gasteiger partial charge in [0.1, 0.15) is 5.60 Å². The molecule has 1 saturated heterocycles. The van der Waals surface area contributed by atoms with Gasteiger partial charge in [0.25, 0.3) is 6.43 Å². The number of hydrogen-bond donors (Lipinski definition) is 1. The molecule has 1 heterocycles. The summed E-state index contributed by atoms with van der Waals surface area (Å²) in [6.45, 7) is 1.78. The Kier molecular flexibility index (Phi) is 3.10. The molecular weight excluding hydrogens is 266 g/mol. The molecule has 4 nitrogen and oxygen atoms in total. The van der Waals surface area contributed by atoms with E-state index in [2.05, 4.69) is 0 Å². The minimum atomic E-state index is -2.61. The molecule has 0 aromatic carbocycles. The molecule has 6 heteroatoms. The highest BCUT2D eigenvalue weighted by atomic mass is 19.3. The number of nitrogens with zero attached hydrogens (tertiary/aromatic N) is 1. The Bertz CT molecular complexity index is 417. The van der Waals surface area contributed by atoms with Crippen LogP contribution in [0, 0.1) is 5.41 Å². The van der Waals surface area contributed by atoms with Crippen LogP contribution in [-0.2, 0) is 9.53 Å². The van der Waals surface area contributed by atoms with Crippen molar-refractivity contribution < 1.29 is 18.3 Å². The normalized spacial score (nSPS) is 34.8. The van der Waals surface area contributed by atoms with Crippen LogP contribution < -0.4 is 5.73 Å². The predicted molar refractivity (Wildman–Crippen MR) is 69.4 cm³/mol. The van der Waals surface area contributed by atoms with Gasteiger partial charge in [0.15, 0.2) is 0 Å². The molecule has 114 valence electrons. The maximum atomic E-state index is 13.0. The Morgan fingerprint density at radius 3 is 2.50 bits per heavy atom. The maximum Gasteiger partial charge on any atom is 0.268 e. The first-order valence-corrected chi connectivity index (χ1v) is 7.29. The summed E-state index contributed by atoms with van der Waals surface area (Å²) in [7, 11) is 0. The second-order valence-corrected chi connectivity index (χ2v) is 7.05. The van der Waals surface area contributed by atoms with E-state index in [1.165, 1.54) is 18.2 Å². The quantitative estimate of drug-likeness (QED) is 0.838. The van der Waals surface area contributed by atoms with E-state index in [1.807, 2.05) is 0 Å². The monoisotopic (exact) mass is 288 g/mol. The van der Waals surface area contributed by atoms with Crippen LogP contribution >= 0.6 is 0 Å². The van der Waals surface area contributed by atoms with Crippen molar-refractivity contribution in [2.45, 2.75) is 56.6 Å². The third kappa shape index (κ3) is 2.04. The van der Waals surface area contributed by atoms with Crippen molar-refractivity contribution in [3.05, 3.63) is 0 Å². The van der Waals surface area contributed by atoms with Crippen molar-refractivity contribution in [1.29, 1.82) is 0 Å². The molecule has 0 bridgehead atoms. The molecule has 1 aliphatic heterocycles. The van der Waals surface area contributed by atoms with Crippen LogP contribution in [0.2, 0.25) is 0 Å². The van der Waals surface area contributed by atoms with Crippen LogP contribution in [0.1, 0.15) is 39.0 Å². The molecule has 0 radical (unpaired) electrons. The number of nitrogens with two attached hydrogens (primary N) is 1. The third-order valence-corrected chi connectivity index (χ3v) is 5.27. The van der Waals surface area contributed by atoms with Crippen LogP contribution in [-0.4, -0.2) is 48.1 Å². The summed E-state index contributed by atoms with van der Waals surface area (Å²) < 4.78 is 31.2. The second kappa shape index (κ2) is 4.37. The molecular formula is C14H22F2N2O2. The fraction of sp³-hybridized carbons (Fsp3) is 0.929. The van der Waals surface area contributed by atoms with Gasteiger partial charge >= 0.3 is 0 Å². The molecule has 1 amide bonds. The van der Waals surface area contributed by atoms with E-state index in [4.69, 9.17) is 10.5 Å². The summed E-state index contributed by atoms with van der Waals surface area (Å²) in [6, 6.07) is 0. The summed E-state index contributed by atoms with van der Waals surface area (Å²) in [5.74, 6) is -0.176. The predicted octanol–water partition coefficient (Wildman–Crippen LogP) is 1.53. The maximum absolute atomic E-state index is 13.0. The number of alkyl halides is 2. The van der Waals surface area contributed by atoms with Crippen LogP contribution in [0.5, 0.6) is 0 Å². The van der Waals surface area contributed by atoms with Crippen LogP contribution in [0.3, 0.4) is 0 Å². The zero-order valence-electron chi connectivity index (χ0n) is 11.8. The lowest BCUT2D eigenvalue weighted by atomic mass is 9.48. The van der Waals surface area contributed by atoms with Gasteiger partial charge in [-0.25, -0.2) is 8.78 Å². The number of carbonyl (C=O) groups excluding carboxylic acids is 1. The van der Waals surface area contributed by atoms with Crippen molar-refractivity contribution in [3.63, 3.8) is 0 Å². The van der Waals surface area contributed by atoms with Gasteiger partial charge in [0.2, 0.25) is 5.91 Å². The van der Waals surface area contributed by atoms with Gasteiger partial charge in [-0.1, -0.05) is 6.42 Å². The fourth-order valence-corrected chi connectivity index (χ4v) is 3.98. The van der Waals surface area contributed by atoms with E-state index in [0.717, 1.165) is 12.8 Å². The van der Waals surface area contributed by atoms with Crippen molar-refractivity contribution in [1.82, 2.24) is 4.90 Å². The third-order valence-electron chi connectivity index (χ3n) is 5.27. The molecule has 20 heavy (non-hydrogen) atoms. The Morgan fingerprint density at radius 1 is 1.35 bits per heavy atom. The topological polar surface area (TPSA) is 55.6 Å². The highest BCUT2D eigenvalue weighted by Crippen LogP contribution is 2.59. The summed E-state index contributed by atoms with van der Waals surface area (Å²) in [5, 5.41) is 0. The molecule has 2 aliphatic carbocycles. The van der Waals surface area contributed by atoms with Crippen molar-refractivity contribution in [2.75, 3.05) is 19.7 Å². The van der Waals surface area contributed by atoms with Gasteiger partial charge in [-0.05, 0) is 38.0 Å². The summed E-state index contributed by atoms with van der Waals surface area (Å²) >= 11 is 0. The first kappa shape index (κ1) is 14.2. The van der Waals surface area contributed by atoms with E-state index in [-0.39, 0.29) is 24.5 Å². The zero-order valence-corrected chi connectivity index (χ0v) is 11.8. The van der Waals surface area contributed by atoms with Crippen LogP contribution in [0.15, 0.2) is 0 Å². The highest BCUT2D eigenvalue weighted by Gasteiger charge is 2.60. The Balaban J connectivity index is 1.65. The smallest absolute Gasteiger partial charge is 0.268 e. The molecule has 2 N–H and O–H groups in total. The molecule has 3 aliphatic rings. The van der Waals surface area contributed by atoms with Gasteiger partial charge in [-0.2, -0.15) is 0 Å². The van der Waals surface area contributed by atoms with E-state index < -0.39 is 17.6 Å². The van der Waals surface area contributed by atoms with Gasteiger partial charge < -0.3 is 15.4 Å². The highest BCUT2D eigenvalue weighted by molar-refractivity contribution is 5.88. The minimum absolute atomic E-state index is 0.0740. The van der Waals surface area contributed by atoms with Gasteiger partial charge in [-0.3, -0.25) is 4.79 Å². The molecule has 0 aromatic heterocycles. The Hall–Kier alpha value is -0.750. The molecule has 0 aromatic rings. The Labute approximate surface area is 117 Å². The van der Waals surface area contributed by atoms with Crippen LogP contribution in [0.4, 0.5) is 8.78 Å². The largest absolute Gasteiger partial charge is 0.366 e. The average Bonchev–Trinajstić information content (AvgIpc) is 2.31. The molecule has 2 saturated carbocycles. The average molecular weight is 288 g/mol. The lowest BCUT2D eigenvalue weighted by Gasteiger charge is -2.59. The summed E-state index contributed by atoms with van der Waals surface area (Å²) in [6.07, 6.45) is 2.33. The zero-order chi connectivity index (χ0) is 14.6. The van der Waals surface area contributed by atoms with Gasteiger partial charge in [-0.15, -0.1) is 0 Å². The first-order valence-electron chi connectivity index (χ1n) is 7.29. The standard InChI is InChI=1S/C14H22F2N2O2/c1-12(10(15)16)9-18(5-6-20-12)11(19)14(17)7-13(8-14)3-2-4-13/h10H,2-9,17H2,1H3. The number of hydrogen-bond acceptors (Lipinski definition) is 3. The number of amides is 1. The summed E-state index contributed by atoms with van der Waals surface area (Å²) in [4.78, 5) is 14.0. The molecule has 3 rings (SSSR count). The number of morpholine rings is 1. The molecule has 1 unspecified atom stereocenters. The van der Waals surface area contributed by atoms with Crippen molar-refractivity contribution >= 4 is 5.91 Å². The van der Waals surface area contributed by atoms with E-state index in [9.17, 15) is 13.6 Å². The number of carbonyl (C=O) groups is 1. The summed E-state index contributed by atoms with van der Waals surface area (Å²) in [5.41, 5.74) is 4.09. The number of ether oxygens (including phenoxy) is 1. The lowest BCUT2D eigenvalue weighted by molar-refractivity contribution is -0.187. The van der Waals surface area contributed by atoms with E-state index in [1.54, 1.807) is 0 Å². The lowest BCUT2D eigenvalue weighted by Crippen LogP contribution is -2.70. The molecule has 3 fully saturated rings. The first-order chi connectivity index (χ1) is 9.29. The van der Waals surface area contributed by atoms with Crippen molar-refractivity contribution in [2.24, 2.45) is 11.1 Å². The fourth-order valence-electron chi connectivity index (χ4n) is 3.98. The number of halogens is 2. The SMILES string of the molecule is CC1(C(F)F)CN(C(=O)C2(N)CC3(CCC3)C2)CCO1. The van der Waals surface area contributed by atoms with E-state index in [0.29, 0.717) is 19.4 Å². The second-order valence-electron chi connectivity index (χ2n) is 7.05. The van der Waals surface area contributed by atoms with Gasteiger partial charge in [0.05, 0.1) is 18.7 Å². The molecule has 1 spiro atoms. The van der Waals surface area contributed by atoms with Gasteiger partial charge in [0, 0.05) is 6.54 Å². The van der Waals surface area contributed by atoms with Crippen molar-refractivity contribution in [3.8, 4) is 0 Å². The minimum Gasteiger partial charge on any atom is -0.366 e.